The summed E-state index contributed by atoms with van der Waals surface area (Å²) in [6.07, 6.45) is 3.95. The summed E-state index contributed by atoms with van der Waals surface area (Å²) < 4.78 is 14.7. The van der Waals surface area contributed by atoms with E-state index in [2.05, 4.69) is 10.3 Å². The second-order valence-electron chi connectivity index (χ2n) is 5.36. The lowest BCUT2D eigenvalue weighted by atomic mass is 10.1. The van der Waals surface area contributed by atoms with E-state index in [-0.39, 0.29) is 11.7 Å². The number of aromatic nitrogens is 2. The third kappa shape index (κ3) is 3.56. The standard InChI is InChI=1S/C16H17FN4O2/c1-20-9-7-15(19-20)21-8-3-6-14(16(21)22)23-18-11-12-4-2-5-13(17)10-12/h2,4-5,7,9-11,14H,3,6,8H2,1H3. The van der Waals surface area contributed by atoms with Crippen LogP contribution in [0.5, 0.6) is 0 Å². The van der Waals surface area contributed by atoms with Crippen LogP contribution in [0.4, 0.5) is 10.2 Å². The second-order valence-corrected chi connectivity index (χ2v) is 5.36. The van der Waals surface area contributed by atoms with Crippen LogP contribution in [0.1, 0.15) is 18.4 Å². The highest BCUT2D eigenvalue weighted by Crippen LogP contribution is 2.21. The Morgan fingerprint density at radius 3 is 3.04 bits per heavy atom. The van der Waals surface area contributed by atoms with Crippen LogP contribution in [0, 0.1) is 5.82 Å². The van der Waals surface area contributed by atoms with Gasteiger partial charge in [-0.1, -0.05) is 17.3 Å². The molecule has 1 aliphatic heterocycles. The van der Waals surface area contributed by atoms with Crippen molar-refractivity contribution in [3.05, 3.63) is 47.9 Å². The van der Waals surface area contributed by atoms with Crippen molar-refractivity contribution in [3.8, 4) is 0 Å². The van der Waals surface area contributed by atoms with Crippen LogP contribution in [-0.4, -0.2) is 34.6 Å². The van der Waals surface area contributed by atoms with E-state index in [1.165, 1.54) is 18.3 Å². The molecule has 1 aromatic heterocycles. The highest BCUT2D eigenvalue weighted by molar-refractivity contribution is 5.96. The fraction of sp³-hybridized carbons (Fsp3) is 0.312. The molecule has 0 radical (unpaired) electrons. The maximum absolute atomic E-state index is 13.1. The minimum Gasteiger partial charge on any atom is -0.382 e. The van der Waals surface area contributed by atoms with Gasteiger partial charge in [0.05, 0.1) is 6.21 Å². The van der Waals surface area contributed by atoms with Crippen molar-refractivity contribution in [1.82, 2.24) is 9.78 Å². The summed E-state index contributed by atoms with van der Waals surface area (Å²) in [5, 5.41) is 8.07. The van der Waals surface area contributed by atoms with Gasteiger partial charge in [-0.3, -0.25) is 14.4 Å². The van der Waals surface area contributed by atoms with Crippen molar-refractivity contribution in [2.75, 3.05) is 11.4 Å². The van der Waals surface area contributed by atoms with E-state index in [1.54, 1.807) is 41.0 Å². The molecule has 0 spiro atoms. The SMILES string of the molecule is Cn1ccc(N2CCCC(ON=Cc3cccc(F)c3)C2=O)n1. The molecule has 1 amide bonds. The van der Waals surface area contributed by atoms with Gasteiger partial charge in [0, 0.05) is 25.9 Å². The van der Waals surface area contributed by atoms with Gasteiger partial charge in [-0.15, -0.1) is 0 Å². The molecule has 1 fully saturated rings. The molecule has 0 bridgehead atoms. The number of hydrogen-bond acceptors (Lipinski definition) is 4. The number of oxime groups is 1. The average molecular weight is 316 g/mol. The predicted molar refractivity (Wildman–Crippen MR) is 83.7 cm³/mol. The number of piperidine rings is 1. The molecule has 1 aromatic carbocycles. The Morgan fingerprint density at radius 1 is 1.43 bits per heavy atom. The van der Waals surface area contributed by atoms with Crippen LogP contribution >= 0.6 is 0 Å². The first kappa shape index (κ1) is 15.2. The van der Waals surface area contributed by atoms with Gasteiger partial charge in [0.25, 0.3) is 5.91 Å². The zero-order valence-corrected chi connectivity index (χ0v) is 12.7. The number of benzene rings is 1. The Bertz CT molecular complexity index is 728. The average Bonchev–Trinajstić information content (AvgIpc) is 2.95. The highest BCUT2D eigenvalue weighted by atomic mass is 19.1. The first-order valence-corrected chi connectivity index (χ1v) is 7.39. The van der Waals surface area contributed by atoms with E-state index < -0.39 is 6.10 Å². The first-order chi connectivity index (χ1) is 11.1. The second kappa shape index (κ2) is 6.60. The van der Waals surface area contributed by atoms with Gasteiger partial charge < -0.3 is 4.84 Å². The zero-order valence-electron chi connectivity index (χ0n) is 12.7. The smallest absolute Gasteiger partial charge is 0.272 e. The van der Waals surface area contributed by atoms with Gasteiger partial charge in [-0.05, 0) is 30.5 Å². The quantitative estimate of drug-likeness (QED) is 0.641. The van der Waals surface area contributed by atoms with E-state index in [0.29, 0.717) is 24.3 Å². The predicted octanol–water partition coefficient (Wildman–Crippen LogP) is 2.11. The van der Waals surface area contributed by atoms with Crippen LogP contribution in [0.15, 0.2) is 41.7 Å². The van der Waals surface area contributed by atoms with Crippen molar-refractivity contribution >= 4 is 17.9 Å². The highest BCUT2D eigenvalue weighted by Gasteiger charge is 2.32. The van der Waals surface area contributed by atoms with Crippen LogP contribution in [-0.2, 0) is 16.7 Å². The number of nitrogens with zero attached hydrogens (tertiary/aromatic N) is 4. The number of hydrogen-bond donors (Lipinski definition) is 0. The van der Waals surface area contributed by atoms with Crippen LogP contribution < -0.4 is 4.90 Å². The minimum atomic E-state index is -0.643. The molecule has 1 aliphatic rings. The summed E-state index contributed by atoms with van der Waals surface area (Å²) in [6.45, 7) is 0.614. The van der Waals surface area contributed by atoms with Crippen molar-refractivity contribution in [3.63, 3.8) is 0 Å². The number of halogens is 1. The molecule has 0 saturated carbocycles. The number of carbonyl (C=O) groups is 1. The maximum Gasteiger partial charge on any atom is 0.272 e. The largest absolute Gasteiger partial charge is 0.382 e. The summed E-state index contributed by atoms with van der Waals surface area (Å²) in [7, 11) is 1.80. The summed E-state index contributed by atoms with van der Waals surface area (Å²) >= 11 is 0. The number of anilines is 1. The third-order valence-electron chi connectivity index (χ3n) is 3.60. The van der Waals surface area contributed by atoms with E-state index in [4.69, 9.17) is 4.84 Å². The fourth-order valence-electron chi connectivity index (χ4n) is 2.47. The molecule has 1 atom stereocenters. The molecule has 2 aromatic rings. The Balaban J connectivity index is 1.65. The lowest BCUT2D eigenvalue weighted by molar-refractivity contribution is -0.132. The molecule has 2 heterocycles. The third-order valence-corrected chi connectivity index (χ3v) is 3.60. The van der Waals surface area contributed by atoms with Crippen LogP contribution in [0.2, 0.25) is 0 Å². The lowest BCUT2D eigenvalue weighted by Crippen LogP contribution is -2.45. The monoisotopic (exact) mass is 316 g/mol. The van der Waals surface area contributed by atoms with E-state index >= 15 is 0 Å². The van der Waals surface area contributed by atoms with Crippen molar-refractivity contribution in [2.45, 2.75) is 18.9 Å². The normalized spacial score (nSPS) is 18.6. The van der Waals surface area contributed by atoms with Gasteiger partial charge in [0.15, 0.2) is 5.82 Å². The molecule has 3 rings (SSSR count). The maximum atomic E-state index is 13.1. The van der Waals surface area contributed by atoms with Crippen molar-refractivity contribution in [2.24, 2.45) is 12.2 Å². The lowest BCUT2D eigenvalue weighted by Gasteiger charge is -2.29. The van der Waals surface area contributed by atoms with E-state index in [1.807, 2.05) is 0 Å². The zero-order chi connectivity index (χ0) is 16.2. The molecule has 23 heavy (non-hydrogen) atoms. The molecule has 120 valence electrons. The van der Waals surface area contributed by atoms with Crippen LogP contribution in [0.25, 0.3) is 0 Å². The number of rotatable bonds is 4. The molecule has 0 aliphatic carbocycles. The summed E-state index contributed by atoms with van der Waals surface area (Å²) in [5.74, 6) is 0.107. The van der Waals surface area contributed by atoms with Crippen molar-refractivity contribution < 1.29 is 14.0 Å². The number of amides is 1. The Kier molecular flexibility index (Phi) is 4.36. The molecular formula is C16H17FN4O2. The van der Waals surface area contributed by atoms with Gasteiger partial charge in [0.2, 0.25) is 6.10 Å². The Hall–Kier alpha value is -2.70. The summed E-state index contributed by atoms with van der Waals surface area (Å²) in [5.41, 5.74) is 0.579. The molecule has 7 heteroatoms. The van der Waals surface area contributed by atoms with Gasteiger partial charge >= 0.3 is 0 Å². The molecule has 0 N–H and O–H groups in total. The van der Waals surface area contributed by atoms with E-state index in [0.717, 1.165) is 6.42 Å². The van der Waals surface area contributed by atoms with Gasteiger partial charge in [0.1, 0.15) is 5.82 Å². The Morgan fingerprint density at radius 2 is 2.30 bits per heavy atom. The minimum absolute atomic E-state index is 0.161. The van der Waals surface area contributed by atoms with E-state index in [9.17, 15) is 9.18 Å². The summed E-state index contributed by atoms with van der Waals surface area (Å²) in [4.78, 5) is 19.4. The molecule has 1 unspecified atom stereocenters. The fourth-order valence-corrected chi connectivity index (χ4v) is 2.47. The summed E-state index contributed by atoms with van der Waals surface area (Å²) in [6, 6.07) is 7.78. The van der Waals surface area contributed by atoms with Crippen LogP contribution in [0.3, 0.4) is 0 Å². The molecular weight excluding hydrogens is 299 g/mol. The first-order valence-electron chi connectivity index (χ1n) is 7.39. The number of carbonyl (C=O) groups excluding carboxylic acids is 1. The van der Waals surface area contributed by atoms with Crippen molar-refractivity contribution in [1.29, 1.82) is 0 Å². The number of aryl methyl sites for hydroxylation is 1. The Labute approximate surface area is 133 Å². The molecule has 6 nitrogen and oxygen atoms in total. The van der Waals surface area contributed by atoms with Gasteiger partial charge in [-0.2, -0.15) is 5.10 Å². The van der Waals surface area contributed by atoms with Gasteiger partial charge in [-0.25, -0.2) is 4.39 Å². The topological polar surface area (TPSA) is 59.7 Å². The molecule has 1 saturated heterocycles.